The van der Waals surface area contributed by atoms with Crippen molar-refractivity contribution in [1.82, 2.24) is 16.0 Å². The van der Waals surface area contributed by atoms with Crippen LogP contribution in [0.3, 0.4) is 0 Å². The maximum Gasteiger partial charge on any atom is 0.122 e. The normalized spacial score (nSPS) is 14.6. The molecule has 0 aliphatic rings. The zero-order valence-corrected chi connectivity index (χ0v) is 38.9. The molecule has 0 fully saturated rings. The van der Waals surface area contributed by atoms with Crippen LogP contribution in [0.2, 0.25) is 0 Å². The van der Waals surface area contributed by atoms with Crippen LogP contribution in [0.5, 0.6) is 17.2 Å². The molecule has 0 saturated carbocycles. The van der Waals surface area contributed by atoms with Crippen molar-refractivity contribution < 1.29 is 43.7 Å². The number of ether oxygens (including phenoxy) is 6. The van der Waals surface area contributed by atoms with E-state index in [0.29, 0.717) is 58.7 Å². The first-order valence-corrected chi connectivity index (χ1v) is 22.3. The molecule has 0 amide bonds. The Morgan fingerprint density at radius 1 is 0.460 bits per heavy atom. The van der Waals surface area contributed by atoms with Crippen LogP contribution in [-0.4, -0.2) is 130 Å². The van der Waals surface area contributed by atoms with Crippen LogP contribution in [0.15, 0.2) is 111 Å². The maximum atomic E-state index is 10.3. The summed E-state index contributed by atoms with van der Waals surface area (Å²) in [5.74, 6) is 2.36. The highest BCUT2D eigenvalue weighted by Gasteiger charge is 2.14. The Morgan fingerprint density at radius 2 is 0.810 bits per heavy atom. The number of rotatable bonds is 34. The van der Waals surface area contributed by atoms with Crippen LogP contribution in [0, 0.1) is 0 Å². The molecule has 0 radical (unpaired) electrons. The van der Waals surface area contributed by atoms with Crippen LogP contribution in [0.1, 0.15) is 58.2 Å². The van der Waals surface area contributed by atoms with Crippen molar-refractivity contribution in [1.29, 1.82) is 0 Å². The van der Waals surface area contributed by atoms with Gasteiger partial charge in [-0.15, -0.1) is 19.7 Å². The van der Waals surface area contributed by atoms with E-state index in [1.807, 2.05) is 133 Å². The predicted octanol–water partition coefficient (Wildman–Crippen LogP) is 6.26. The molecule has 0 aromatic heterocycles. The number of hydrogen-bond donors (Lipinski definition) is 6. The van der Waals surface area contributed by atoms with Crippen molar-refractivity contribution in [2.45, 2.75) is 109 Å². The molecule has 0 heterocycles. The van der Waals surface area contributed by atoms with Gasteiger partial charge in [0, 0.05) is 37.8 Å². The van der Waals surface area contributed by atoms with E-state index in [1.54, 1.807) is 0 Å². The standard InChI is InChI=1S/C36H56N2O7.C15H23NO2/c1-7-13-31-15-9-11-17-35(31)44-25-33(39)19-37-27(3)21-41-23-29(5)43-24-30(6)42-22-28(4)38-20-34(40)26-45-36-18-12-10-16-32(36)14-8-2;1-4-7-13-8-5-6-9-15(13)18-11-14(17)10-16-12(2)3/h7-12,15-18,27-30,33-34,37-40H,1-2,13-14,19-26H2,3-6H3;4-6,8-9,12,14,16-17H,1,7,10-11H2,2-3H3. The van der Waals surface area contributed by atoms with Crippen LogP contribution >= 0.6 is 0 Å². The Morgan fingerprint density at radius 3 is 1.21 bits per heavy atom. The van der Waals surface area contributed by atoms with E-state index in [1.165, 1.54) is 0 Å². The second-order valence-corrected chi connectivity index (χ2v) is 16.2. The minimum Gasteiger partial charge on any atom is -0.491 e. The fraction of sp³-hybridized carbons (Fsp3) is 0.529. The summed E-state index contributed by atoms with van der Waals surface area (Å²) in [6, 6.07) is 23.9. The number of nitrogens with one attached hydrogen (secondary N) is 3. The second-order valence-electron chi connectivity index (χ2n) is 16.2. The summed E-state index contributed by atoms with van der Waals surface area (Å²) < 4.78 is 34.9. The van der Waals surface area contributed by atoms with Gasteiger partial charge >= 0.3 is 0 Å². The van der Waals surface area contributed by atoms with Gasteiger partial charge in [-0.2, -0.15) is 0 Å². The van der Waals surface area contributed by atoms with Gasteiger partial charge in [0.25, 0.3) is 0 Å². The fourth-order valence-electron chi connectivity index (χ4n) is 5.92. The number of para-hydroxylation sites is 3. The third-order valence-electron chi connectivity index (χ3n) is 9.44. The third-order valence-corrected chi connectivity index (χ3v) is 9.44. The summed E-state index contributed by atoms with van der Waals surface area (Å²) >= 11 is 0. The molecule has 0 saturated heterocycles. The zero-order chi connectivity index (χ0) is 46.2. The van der Waals surface area contributed by atoms with E-state index in [-0.39, 0.29) is 37.5 Å². The molecule has 12 nitrogen and oxygen atoms in total. The van der Waals surface area contributed by atoms with Crippen molar-refractivity contribution in [3.8, 4) is 17.2 Å². The minimum absolute atomic E-state index is 0.0584. The number of aliphatic hydroxyl groups excluding tert-OH is 3. The molecule has 7 atom stereocenters. The predicted molar refractivity (Wildman–Crippen MR) is 255 cm³/mol. The topological polar surface area (TPSA) is 152 Å². The van der Waals surface area contributed by atoms with Gasteiger partial charge in [0.15, 0.2) is 0 Å². The molecule has 0 bridgehead atoms. The highest BCUT2D eigenvalue weighted by Crippen LogP contribution is 2.21. The van der Waals surface area contributed by atoms with Crippen LogP contribution < -0.4 is 30.2 Å². The molecular formula is C51H79N3O9. The smallest absolute Gasteiger partial charge is 0.122 e. The average molecular weight is 878 g/mol. The summed E-state index contributed by atoms with van der Waals surface area (Å²) in [6.07, 6.45) is 5.79. The first-order valence-electron chi connectivity index (χ1n) is 22.3. The van der Waals surface area contributed by atoms with E-state index in [4.69, 9.17) is 28.4 Å². The van der Waals surface area contributed by atoms with Crippen LogP contribution in [-0.2, 0) is 33.5 Å². The van der Waals surface area contributed by atoms with Gasteiger partial charge < -0.3 is 59.7 Å². The van der Waals surface area contributed by atoms with Crippen molar-refractivity contribution in [2.75, 3.05) is 65.9 Å². The monoisotopic (exact) mass is 878 g/mol. The molecule has 3 aromatic carbocycles. The first-order chi connectivity index (χ1) is 30.3. The maximum absolute atomic E-state index is 10.3. The van der Waals surface area contributed by atoms with Crippen molar-refractivity contribution in [3.05, 3.63) is 127 Å². The lowest BCUT2D eigenvalue weighted by Gasteiger charge is -2.22. The van der Waals surface area contributed by atoms with E-state index in [9.17, 15) is 15.3 Å². The van der Waals surface area contributed by atoms with E-state index in [2.05, 4.69) is 35.7 Å². The van der Waals surface area contributed by atoms with E-state index in [0.717, 1.165) is 53.2 Å². The summed E-state index contributed by atoms with van der Waals surface area (Å²) in [4.78, 5) is 0. The Labute approximate surface area is 378 Å². The van der Waals surface area contributed by atoms with Gasteiger partial charge in [-0.05, 0) is 81.8 Å². The molecule has 63 heavy (non-hydrogen) atoms. The van der Waals surface area contributed by atoms with Crippen molar-refractivity contribution in [2.24, 2.45) is 0 Å². The molecule has 0 aliphatic carbocycles. The second kappa shape index (κ2) is 33.4. The summed E-state index contributed by atoms with van der Waals surface area (Å²) in [7, 11) is 0. The lowest BCUT2D eigenvalue weighted by molar-refractivity contribution is -0.0614. The van der Waals surface area contributed by atoms with Crippen LogP contribution in [0.4, 0.5) is 0 Å². The highest BCUT2D eigenvalue weighted by molar-refractivity contribution is 5.36. The van der Waals surface area contributed by atoms with Crippen molar-refractivity contribution >= 4 is 0 Å². The Balaban J connectivity index is 0.000000631. The van der Waals surface area contributed by atoms with Gasteiger partial charge in [0.1, 0.15) is 55.4 Å². The molecule has 3 aromatic rings. The Hall–Kier alpha value is -4.08. The molecule has 0 spiro atoms. The fourth-order valence-corrected chi connectivity index (χ4v) is 5.92. The zero-order valence-electron chi connectivity index (χ0n) is 38.9. The van der Waals surface area contributed by atoms with Gasteiger partial charge in [-0.1, -0.05) is 86.7 Å². The average Bonchev–Trinajstić information content (AvgIpc) is 3.27. The van der Waals surface area contributed by atoms with Gasteiger partial charge in [0.05, 0.1) is 38.6 Å². The summed E-state index contributed by atoms with van der Waals surface area (Å²) in [5.41, 5.74) is 3.19. The quantitative estimate of drug-likeness (QED) is 0.0376. The molecule has 3 rings (SSSR count). The number of allylic oxidation sites excluding steroid dienone is 3. The third kappa shape index (κ3) is 25.7. The number of benzene rings is 3. The highest BCUT2D eigenvalue weighted by atomic mass is 16.6. The Bertz CT molecular complexity index is 1660. The Kier molecular flexibility index (Phi) is 29.2. The first kappa shape index (κ1) is 55.1. The summed E-state index contributed by atoms with van der Waals surface area (Å²) in [5, 5.41) is 40.2. The minimum atomic E-state index is -0.640. The van der Waals surface area contributed by atoms with Crippen LogP contribution in [0.25, 0.3) is 0 Å². The van der Waals surface area contributed by atoms with Gasteiger partial charge in [-0.25, -0.2) is 0 Å². The number of aliphatic hydroxyl groups is 3. The molecule has 7 unspecified atom stereocenters. The summed E-state index contributed by atoms with van der Waals surface area (Å²) in [6.45, 7) is 27.3. The largest absolute Gasteiger partial charge is 0.491 e. The molecule has 352 valence electrons. The lowest BCUT2D eigenvalue weighted by Crippen LogP contribution is -2.40. The van der Waals surface area contributed by atoms with Crippen molar-refractivity contribution in [3.63, 3.8) is 0 Å². The molecule has 12 heteroatoms. The SMILES string of the molecule is C=CCc1ccccc1OCC(O)CNC(C)C.C=CCc1ccccc1OCC(O)CNC(C)COCC(C)OCC(C)OCC(C)NCC(O)COc1ccccc1CC=C. The molecule has 6 N–H and O–H groups in total. The molecular weight excluding hydrogens is 799 g/mol. The molecule has 0 aliphatic heterocycles. The van der Waals surface area contributed by atoms with Gasteiger partial charge in [0.2, 0.25) is 0 Å². The van der Waals surface area contributed by atoms with E-state index < -0.39 is 18.3 Å². The van der Waals surface area contributed by atoms with E-state index >= 15 is 0 Å². The lowest BCUT2D eigenvalue weighted by atomic mass is 10.1. The number of hydrogen-bond acceptors (Lipinski definition) is 12. The van der Waals surface area contributed by atoms with Gasteiger partial charge in [-0.3, -0.25) is 0 Å².